The Kier molecular flexibility index (Phi) is 3.61. The Labute approximate surface area is 111 Å². The van der Waals surface area contributed by atoms with Crippen LogP contribution in [-0.4, -0.2) is 24.7 Å². The summed E-state index contributed by atoms with van der Waals surface area (Å²) in [6.45, 7) is 8.06. The molecule has 0 bridgehead atoms. The smallest absolute Gasteiger partial charge is 0.216 e. The van der Waals surface area contributed by atoms with E-state index in [1.807, 2.05) is 19.9 Å². The number of aromatic nitrogens is 5. The monoisotopic (exact) mass is 265 g/mol. The fourth-order valence-electron chi connectivity index (χ4n) is 1.71. The number of halogens is 1. The van der Waals surface area contributed by atoms with Crippen LogP contribution in [0.5, 0.6) is 0 Å². The predicted octanol–water partition coefficient (Wildman–Crippen LogP) is 2.53. The second-order valence-electron chi connectivity index (χ2n) is 4.76. The highest BCUT2D eigenvalue weighted by atomic mass is 35.5. The third kappa shape index (κ3) is 2.85. The first-order valence-corrected chi connectivity index (χ1v) is 6.27. The maximum Gasteiger partial charge on any atom is 0.253 e. The van der Waals surface area contributed by atoms with Gasteiger partial charge in [-0.1, -0.05) is 13.8 Å². The number of rotatable bonds is 3. The lowest BCUT2D eigenvalue weighted by molar-refractivity contribution is 0.616. The summed E-state index contributed by atoms with van der Waals surface area (Å²) in [6.07, 6.45) is 0.789. The van der Waals surface area contributed by atoms with E-state index in [0.29, 0.717) is 17.1 Å². The maximum absolute atomic E-state index is 6.08. The van der Waals surface area contributed by atoms with Crippen molar-refractivity contribution in [2.45, 2.75) is 34.1 Å². The standard InChI is InChI=1S/C12H16ClN5/c1-7(2)5-10-16-11(13)18(17-10)12-14-8(3)6-9(4)15-12/h6-7H,5H2,1-4H3. The SMILES string of the molecule is Cc1cc(C)nc(-n2nc(CC(C)C)nc2Cl)n1. The Balaban J connectivity index is 2.41. The molecule has 0 aliphatic rings. The second-order valence-corrected chi connectivity index (χ2v) is 5.10. The minimum absolute atomic E-state index is 0.302. The molecule has 2 heterocycles. The van der Waals surface area contributed by atoms with Crippen LogP contribution >= 0.6 is 11.6 Å². The summed E-state index contributed by atoms with van der Waals surface area (Å²) in [5.74, 6) is 1.68. The van der Waals surface area contributed by atoms with E-state index in [1.165, 1.54) is 4.68 Å². The van der Waals surface area contributed by atoms with Crippen molar-refractivity contribution in [1.29, 1.82) is 0 Å². The van der Waals surface area contributed by atoms with Crippen molar-refractivity contribution in [3.05, 3.63) is 28.6 Å². The van der Waals surface area contributed by atoms with Gasteiger partial charge in [0.1, 0.15) is 0 Å². The van der Waals surface area contributed by atoms with Gasteiger partial charge in [-0.3, -0.25) is 0 Å². The number of nitrogens with zero attached hydrogens (tertiary/aromatic N) is 5. The Hall–Kier alpha value is -1.49. The van der Waals surface area contributed by atoms with Crippen molar-refractivity contribution < 1.29 is 0 Å². The van der Waals surface area contributed by atoms with E-state index in [1.54, 1.807) is 0 Å². The van der Waals surface area contributed by atoms with Gasteiger partial charge in [-0.25, -0.2) is 15.0 Å². The molecule has 6 heteroatoms. The first-order chi connectivity index (χ1) is 8.45. The normalized spacial score (nSPS) is 11.2. The van der Waals surface area contributed by atoms with Gasteiger partial charge < -0.3 is 0 Å². The lowest BCUT2D eigenvalue weighted by atomic mass is 10.1. The summed E-state index contributed by atoms with van der Waals surface area (Å²) < 4.78 is 1.49. The van der Waals surface area contributed by atoms with Gasteiger partial charge in [0, 0.05) is 17.8 Å². The first kappa shape index (κ1) is 13.0. The lowest BCUT2D eigenvalue weighted by Crippen LogP contribution is -2.06. The quantitative estimate of drug-likeness (QED) is 0.856. The molecule has 2 aromatic heterocycles. The van der Waals surface area contributed by atoms with E-state index in [-0.39, 0.29) is 0 Å². The van der Waals surface area contributed by atoms with Gasteiger partial charge in [-0.05, 0) is 37.4 Å². The average molecular weight is 266 g/mol. The molecule has 0 saturated carbocycles. The highest BCUT2D eigenvalue weighted by molar-refractivity contribution is 6.28. The highest BCUT2D eigenvalue weighted by Gasteiger charge is 2.13. The average Bonchev–Trinajstić information content (AvgIpc) is 2.56. The third-order valence-electron chi connectivity index (χ3n) is 2.36. The summed E-state index contributed by atoms with van der Waals surface area (Å²) in [4.78, 5) is 12.9. The van der Waals surface area contributed by atoms with Crippen LogP contribution in [0, 0.1) is 19.8 Å². The summed E-state index contributed by atoms with van der Waals surface area (Å²) in [7, 11) is 0. The van der Waals surface area contributed by atoms with Gasteiger partial charge in [-0.15, -0.1) is 5.10 Å². The Bertz CT molecular complexity index is 541. The Morgan fingerprint density at radius 3 is 2.33 bits per heavy atom. The highest BCUT2D eigenvalue weighted by Crippen LogP contribution is 2.13. The van der Waals surface area contributed by atoms with Crippen LogP contribution in [0.1, 0.15) is 31.1 Å². The van der Waals surface area contributed by atoms with Gasteiger partial charge >= 0.3 is 0 Å². The minimum atomic E-state index is 0.302. The molecule has 0 radical (unpaired) electrons. The van der Waals surface area contributed by atoms with E-state index >= 15 is 0 Å². The molecule has 0 fully saturated rings. The first-order valence-electron chi connectivity index (χ1n) is 5.90. The van der Waals surface area contributed by atoms with Crippen LogP contribution < -0.4 is 0 Å². The van der Waals surface area contributed by atoms with Crippen molar-refractivity contribution in [3.8, 4) is 5.95 Å². The zero-order valence-electron chi connectivity index (χ0n) is 11.0. The summed E-state index contributed by atoms with van der Waals surface area (Å²) in [6, 6.07) is 1.91. The van der Waals surface area contributed by atoms with Gasteiger partial charge in [0.2, 0.25) is 5.28 Å². The van der Waals surface area contributed by atoms with E-state index in [2.05, 4.69) is 33.9 Å². The molecule has 0 aliphatic heterocycles. The van der Waals surface area contributed by atoms with Crippen LogP contribution in [0.4, 0.5) is 0 Å². The van der Waals surface area contributed by atoms with Gasteiger partial charge in [0.15, 0.2) is 5.82 Å². The van der Waals surface area contributed by atoms with Crippen molar-refractivity contribution in [2.75, 3.05) is 0 Å². The predicted molar refractivity (Wildman–Crippen MR) is 70.0 cm³/mol. The molecule has 18 heavy (non-hydrogen) atoms. The second kappa shape index (κ2) is 5.02. The molecule has 96 valence electrons. The molecule has 0 spiro atoms. The molecule has 0 unspecified atom stereocenters. The molecule has 0 saturated heterocycles. The molecule has 2 aromatic rings. The van der Waals surface area contributed by atoms with E-state index in [4.69, 9.17) is 11.6 Å². The van der Waals surface area contributed by atoms with Crippen molar-refractivity contribution in [3.63, 3.8) is 0 Å². The molecular weight excluding hydrogens is 250 g/mol. The van der Waals surface area contributed by atoms with Gasteiger partial charge in [-0.2, -0.15) is 4.68 Å². The fourth-order valence-corrected chi connectivity index (χ4v) is 1.92. The molecule has 0 aliphatic carbocycles. The number of hydrogen-bond acceptors (Lipinski definition) is 4. The van der Waals surface area contributed by atoms with Crippen LogP contribution in [0.3, 0.4) is 0 Å². The number of aryl methyl sites for hydroxylation is 2. The van der Waals surface area contributed by atoms with Crippen molar-refractivity contribution in [1.82, 2.24) is 24.7 Å². The van der Waals surface area contributed by atoms with Gasteiger partial charge in [0.05, 0.1) is 0 Å². The molecule has 2 rings (SSSR count). The lowest BCUT2D eigenvalue weighted by Gasteiger charge is -2.02. The zero-order valence-corrected chi connectivity index (χ0v) is 11.7. The summed E-state index contributed by atoms with van der Waals surface area (Å²) >= 11 is 6.08. The molecule has 0 amide bonds. The summed E-state index contributed by atoms with van der Waals surface area (Å²) in [5.41, 5.74) is 1.77. The largest absolute Gasteiger partial charge is 0.253 e. The fraction of sp³-hybridized carbons (Fsp3) is 0.500. The molecule has 0 N–H and O–H groups in total. The molecule has 0 atom stereocenters. The van der Waals surface area contributed by atoms with E-state index in [0.717, 1.165) is 23.6 Å². The Morgan fingerprint density at radius 2 is 1.78 bits per heavy atom. The molecular formula is C12H16ClN5. The number of hydrogen-bond donors (Lipinski definition) is 0. The topological polar surface area (TPSA) is 56.5 Å². The van der Waals surface area contributed by atoms with Crippen LogP contribution in [0.15, 0.2) is 6.07 Å². The zero-order chi connectivity index (χ0) is 13.3. The summed E-state index contributed by atoms with van der Waals surface area (Å²) in [5, 5.41) is 4.65. The van der Waals surface area contributed by atoms with Crippen LogP contribution in [0.25, 0.3) is 5.95 Å². The van der Waals surface area contributed by atoms with Gasteiger partial charge in [0.25, 0.3) is 5.95 Å². The van der Waals surface area contributed by atoms with Crippen LogP contribution in [-0.2, 0) is 6.42 Å². The maximum atomic E-state index is 6.08. The van der Waals surface area contributed by atoms with Crippen LogP contribution in [0.2, 0.25) is 5.28 Å². The van der Waals surface area contributed by atoms with E-state index in [9.17, 15) is 0 Å². The minimum Gasteiger partial charge on any atom is -0.216 e. The van der Waals surface area contributed by atoms with Crippen molar-refractivity contribution in [2.24, 2.45) is 5.92 Å². The van der Waals surface area contributed by atoms with Crippen molar-refractivity contribution >= 4 is 11.6 Å². The third-order valence-corrected chi connectivity index (χ3v) is 2.61. The Morgan fingerprint density at radius 1 is 1.17 bits per heavy atom. The van der Waals surface area contributed by atoms with E-state index < -0.39 is 0 Å². The molecule has 5 nitrogen and oxygen atoms in total. The molecule has 0 aromatic carbocycles.